The minimum Gasteiger partial charge on any atom is -0.394 e. The van der Waals surface area contributed by atoms with Crippen molar-refractivity contribution in [2.24, 2.45) is 11.8 Å². The summed E-state index contributed by atoms with van der Waals surface area (Å²) in [5.41, 5.74) is 1.87. The van der Waals surface area contributed by atoms with Gasteiger partial charge >= 0.3 is 0 Å². The summed E-state index contributed by atoms with van der Waals surface area (Å²) in [6.45, 7) is 6.58. The second-order valence-corrected chi connectivity index (χ2v) is 13.2. The summed E-state index contributed by atoms with van der Waals surface area (Å²) in [5.74, 6) is -2.67. The summed E-state index contributed by atoms with van der Waals surface area (Å²) in [6.07, 6.45) is 8.14. The molecule has 6 atom stereocenters. The summed E-state index contributed by atoms with van der Waals surface area (Å²) in [5, 5.41) is 10.9. The molecular weight excluding hydrogens is 590 g/mol. The maximum absolute atomic E-state index is 15.1. The first kappa shape index (κ1) is 31.1. The van der Waals surface area contributed by atoms with Crippen molar-refractivity contribution in [2.75, 3.05) is 24.6 Å². The van der Waals surface area contributed by atoms with Gasteiger partial charge in [0, 0.05) is 25.3 Å². The number of nitrogens with zero attached hydrogens (tertiary/aromatic N) is 3. The van der Waals surface area contributed by atoms with Crippen LogP contribution in [-0.4, -0.2) is 69.6 Å². The molecule has 7 rings (SSSR count). The summed E-state index contributed by atoms with van der Waals surface area (Å²) in [6, 6.07) is 23.1. The Labute approximate surface area is 275 Å². The van der Waals surface area contributed by atoms with Gasteiger partial charge in [-0.15, -0.1) is 0 Å². The van der Waals surface area contributed by atoms with Crippen LogP contribution in [0, 0.1) is 25.7 Å². The minimum atomic E-state index is -1.43. The first-order valence-corrected chi connectivity index (χ1v) is 16.5. The maximum Gasteiger partial charge on any atom is 0.253 e. The molecule has 0 radical (unpaired) electrons. The molecule has 3 amide bonds. The largest absolute Gasteiger partial charge is 0.394 e. The van der Waals surface area contributed by atoms with Crippen molar-refractivity contribution in [3.05, 3.63) is 125 Å². The van der Waals surface area contributed by atoms with E-state index in [9.17, 15) is 9.90 Å². The Kier molecular flexibility index (Phi) is 7.89. The molecule has 2 fully saturated rings. The summed E-state index contributed by atoms with van der Waals surface area (Å²) in [7, 11) is 0. The van der Waals surface area contributed by atoms with Crippen molar-refractivity contribution in [3.63, 3.8) is 0 Å². The van der Waals surface area contributed by atoms with Crippen molar-refractivity contribution >= 4 is 23.4 Å². The van der Waals surface area contributed by atoms with Gasteiger partial charge in [0.2, 0.25) is 11.8 Å². The number of hydrogen-bond donors (Lipinski definition) is 1. The zero-order valence-corrected chi connectivity index (χ0v) is 27.1. The molecule has 1 N–H and O–H groups in total. The van der Waals surface area contributed by atoms with Crippen molar-refractivity contribution in [2.45, 2.75) is 57.0 Å². The Hall–Kier alpha value is -4.53. The van der Waals surface area contributed by atoms with E-state index in [1.807, 2.05) is 124 Å². The highest BCUT2D eigenvalue weighted by Crippen LogP contribution is 2.60. The molecule has 2 saturated heterocycles. The van der Waals surface area contributed by atoms with Gasteiger partial charge in [-0.25, -0.2) is 0 Å². The Bertz CT molecular complexity index is 1760. The average Bonchev–Trinajstić information content (AvgIpc) is 3.38. The van der Waals surface area contributed by atoms with E-state index in [0.717, 1.165) is 22.4 Å². The molecule has 1 unspecified atom stereocenters. The molecule has 4 aliphatic heterocycles. The number of aliphatic hydroxyl groups excluding tert-OH is 1. The van der Waals surface area contributed by atoms with E-state index < -0.39 is 41.7 Å². The molecule has 47 heavy (non-hydrogen) atoms. The minimum absolute atomic E-state index is 0.173. The predicted octanol–water partition coefficient (Wildman–Crippen LogP) is 4.90. The van der Waals surface area contributed by atoms with Crippen LogP contribution in [0.15, 0.2) is 103 Å². The Morgan fingerprint density at radius 2 is 1.55 bits per heavy atom. The molecule has 4 aliphatic rings. The summed E-state index contributed by atoms with van der Waals surface area (Å²) < 4.78 is 7.17. The van der Waals surface area contributed by atoms with Crippen molar-refractivity contribution in [3.8, 4) is 0 Å². The number of amides is 3. The van der Waals surface area contributed by atoms with Crippen molar-refractivity contribution in [1.29, 1.82) is 0 Å². The number of rotatable bonds is 7. The third-order valence-corrected chi connectivity index (χ3v) is 10.5. The number of ether oxygens (including phenoxy) is 1. The van der Waals surface area contributed by atoms with Crippen LogP contribution in [0.1, 0.15) is 41.6 Å². The molecule has 0 aromatic heterocycles. The topological polar surface area (TPSA) is 90.4 Å². The second-order valence-electron chi connectivity index (χ2n) is 13.2. The van der Waals surface area contributed by atoms with E-state index >= 15 is 9.59 Å². The SMILES string of the molecule is CC[C@@]12C=CCN(Cc3ccccc3)C(=O)[C@@H]1[C@H]1C(=O)N([C@H](CO)c3ccccc3)C3C(=O)N(c4cc(C)ccc4C)CC=C[C@@]31O2. The van der Waals surface area contributed by atoms with Gasteiger partial charge < -0.3 is 24.5 Å². The Morgan fingerprint density at radius 3 is 2.26 bits per heavy atom. The molecule has 8 nitrogen and oxygen atoms in total. The van der Waals surface area contributed by atoms with E-state index in [-0.39, 0.29) is 24.3 Å². The molecule has 0 saturated carbocycles. The molecule has 0 aliphatic carbocycles. The first-order chi connectivity index (χ1) is 22.7. The number of likely N-dealkylation sites (tertiary alicyclic amines) is 1. The highest BCUT2D eigenvalue weighted by molar-refractivity contribution is 6.06. The Balaban J connectivity index is 1.39. The fourth-order valence-electron chi connectivity index (χ4n) is 8.29. The number of aliphatic hydroxyl groups is 1. The number of carbonyl (C=O) groups excluding carboxylic acids is 3. The monoisotopic (exact) mass is 631 g/mol. The lowest BCUT2D eigenvalue weighted by molar-refractivity contribution is -0.153. The number of benzene rings is 3. The normalized spacial score (nSPS) is 29.0. The van der Waals surface area contributed by atoms with E-state index in [0.29, 0.717) is 25.1 Å². The molecule has 8 heteroatoms. The van der Waals surface area contributed by atoms with Crippen LogP contribution in [0.4, 0.5) is 5.69 Å². The van der Waals surface area contributed by atoms with E-state index in [4.69, 9.17) is 4.74 Å². The number of fused-ring (bicyclic) bond motifs is 2. The van der Waals surface area contributed by atoms with Crippen molar-refractivity contribution < 1.29 is 24.2 Å². The zero-order chi connectivity index (χ0) is 32.9. The first-order valence-electron chi connectivity index (χ1n) is 16.5. The number of carbonyl (C=O) groups is 3. The Morgan fingerprint density at radius 1 is 0.851 bits per heavy atom. The molecule has 3 aromatic carbocycles. The number of anilines is 1. The van der Waals surface area contributed by atoms with Crippen molar-refractivity contribution in [1.82, 2.24) is 9.80 Å². The van der Waals surface area contributed by atoms with Crippen LogP contribution >= 0.6 is 0 Å². The lowest BCUT2D eigenvalue weighted by atomic mass is 9.73. The van der Waals surface area contributed by atoms with Gasteiger partial charge in [-0.1, -0.05) is 104 Å². The molecule has 3 aromatic rings. The fourth-order valence-corrected chi connectivity index (χ4v) is 8.29. The number of aryl methyl sites for hydroxylation is 2. The lowest BCUT2D eigenvalue weighted by Crippen LogP contribution is -2.57. The summed E-state index contributed by atoms with van der Waals surface area (Å²) in [4.78, 5) is 50.0. The van der Waals surface area contributed by atoms with Crippen LogP contribution in [0.3, 0.4) is 0 Å². The third-order valence-electron chi connectivity index (χ3n) is 10.5. The van der Waals surface area contributed by atoms with Gasteiger partial charge in [-0.2, -0.15) is 0 Å². The van der Waals surface area contributed by atoms with Gasteiger partial charge in [0.15, 0.2) is 0 Å². The third kappa shape index (κ3) is 4.85. The van der Waals surface area contributed by atoms with E-state index in [1.54, 1.807) is 9.80 Å². The quantitative estimate of drug-likeness (QED) is 0.375. The molecule has 0 bridgehead atoms. The smallest absolute Gasteiger partial charge is 0.253 e. The average molecular weight is 632 g/mol. The van der Waals surface area contributed by atoms with Gasteiger partial charge in [0.25, 0.3) is 5.91 Å². The molecule has 4 heterocycles. The lowest BCUT2D eigenvalue weighted by Gasteiger charge is -2.41. The highest BCUT2D eigenvalue weighted by Gasteiger charge is 2.76. The van der Waals surface area contributed by atoms with Gasteiger partial charge in [0.1, 0.15) is 11.6 Å². The number of hydrogen-bond acceptors (Lipinski definition) is 5. The van der Waals surface area contributed by atoms with Gasteiger partial charge in [0.05, 0.1) is 30.1 Å². The summed E-state index contributed by atoms with van der Waals surface area (Å²) >= 11 is 0. The molecular formula is C39H41N3O5. The van der Waals surface area contributed by atoms with Crippen LogP contribution < -0.4 is 4.90 Å². The fraction of sp³-hybridized carbons (Fsp3) is 0.359. The van der Waals surface area contributed by atoms with Crippen LogP contribution in [-0.2, 0) is 25.7 Å². The molecule has 242 valence electrons. The van der Waals surface area contributed by atoms with Crippen LogP contribution in [0.25, 0.3) is 0 Å². The standard InChI is InChI=1S/C39H41N3O5/c1-4-38-19-11-21-40(24-28-13-7-5-8-14-28)35(44)32(38)33-36(45)42(31(25-43)29-15-9-6-10-16-29)34-37(46)41(22-12-20-39(33,34)47-38)30-23-26(2)17-18-27(30)3/h5-20,23,31-34,43H,4,21-22,24-25H2,1-3H3/t31-,32+,33+,34?,38-,39+/m1/s1. The maximum atomic E-state index is 15.1. The van der Waals surface area contributed by atoms with Crippen LogP contribution in [0.5, 0.6) is 0 Å². The van der Waals surface area contributed by atoms with Crippen LogP contribution in [0.2, 0.25) is 0 Å². The molecule has 1 spiro atoms. The van der Waals surface area contributed by atoms with Gasteiger partial charge in [-0.05, 0) is 48.6 Å². The highest BCUT2D eigenvalue weighted by atomic mass is 16.5. The predicted molar refractivity (Wildman–Crippen MR) is 179 cm³/mol. The van der Waals surface area contributed by atoms with E-state index in [1.165, 1.54) is 4.90 Å². The van der Waals surface area contributed by atoms with Gasteiger partial charge in [-0.3, -0.25) is 14.4 Å². The zero-order valence-electron chi connectivity index (χ0n) is 27.1. The second kappa shape index (κ2) is 11.9. The van der Waals surface area contributed by atoms with E-state index in [2.05, 4.69) is 0 Å².